The van der Waals surface area contributed by atoms with Gasteiger partial charge in [0.1, 0.15) is 5.82 Å². The van der Waals surface area contributed by atoms with Gasteiger partial charge in [0, 0.05) is 37.0 Å². The van der Waals surface area contributed by atoms with Crippen molar-refractivity contribution in [1.29, 1.82) is 0 Å². The quantitative estimate of drug-likeness (QED) is 0.366. The molecule has 0 aliphatic rings. The summed E-state index contributed by atoms with van der Waals surface area (Å²) in [6, 6.07) is 5.24. The Labute approximate surface area is 167 Å². The lowest BCUT2D eigenvalue weighted by Gasteiger charge is -2.23. The van der Waals surface area contributed by atoms with Crippen molar-refractivity contribution in [2.24, 2.45) is 4.99 Å². The minimum Gasteiger partial charge on any atom is -0.355 e. The van der Waals surface area contributed by atoms with E-state index in [1.54, 1.807) is 13.1 Å². The van der Waals surface area contributed by atoms with Gasteiger partial charge in [-0.2, -0.15) is 11.8 Å². The van der Waals surface area contributed by atoms with E-state index in [0.29, 0.717) is 18.7 Å². The molecule has 0 aliphatic carbocycles. The second-order valence-electron chi connectivity index (χ2n) is 6.41. The molecule has 0 radical (unpaired) electrons. The Bertz CT molecular complexity index is 535. The van der Waals surface area contributed by atoms with Gasteiger partial charge < -0.3 is 15.5 Å². The van der Waals surface area contributed by atoms with Crippen molar-refractivity contribution in [1.82, 2.24) is 15.5 Å². The zero-order valence-electron chi connectivity index (χ0n) is 15.4. The van der Waals surface area contributed by atoms with Gasteiger partial charge in [-0.1, -0.05) is 6.07 Å². The fourth-order valence-corrected chi connectivity index (χ4v) is 2.19. The van der Waals surface area contributed by atoms with E-state index >= 15 is 0 Å². The Morgan fingerprint density at radius 1 is 1.29 bits per heavy atom. The second-order valence-corrected chi connectivity index (χ2v) is 7.92. The number of aliphatic imine (C=N–C) groups is 1. The SMILES string of the molecule is CN=C(NCc1ccc(F)c(CN(C)C)c1)NCC(C)(C)SC.I. The van der Waals surface area contributed by atoms with E-state index in [9.17, 15) is 4.39 Å². The highest BCUT2D eigenvalue weighted by Crippen LogP contribution is 2.19. The summed E-state index contributed by atoms with van der Waals surface area (Å²) in [6.45, 7) is 6.40. The molecule has 1 aromatic carbocycles. The number of rotatable bonds is 7. The van der Waals surface area contributed by atoms with Gasteiger partial charge in [-0.15, -0.1) is 24.0 Å². The zero-order valence-corrected chi connectivity index (χ0v) is 18.6. The molecule has 138 valence electrons. The monoisotopic (exact) mass is 468 g/mol. The van der Waals surface area contributed by atoms with Crippen LogP contribution in [-0.2, 0) is 13.1 Å². The maximum absolute atomic E-state index is 13.8. The van der Waals surface area contributed by atoms with Crippen molar-refractivity contribution >= 4 is 41.7 Å². The summed E-state index contributed by atoms with van der Waals surface area (Å²) in [4.78, 5) is 6.19. The first-order valence-corrected chi connectivity index (χ1v) is 8.91. The molecule has 2 N–H and O–H groups in total. The summed E-state index contributed by atoms with van der Waals surface area (Å²) >= 11 is 1.81. The minimum absolute atomic E-state index is 0. The molecule has 4 nitrogen and oxygen atoms in total. The van der Waals surface area contributed by atoms with Crippen LogP contribution in [0.15, 0.2) is 23.2 Å². The van der Waals surface area contributed by atoms with Crippen LogP contribution in [-0.4, -0.2) is 49.6 Å². The maximum Gasteiger partial charge on any atom is 0.191 e. The van der Waals surface area contributed by atoms with Gasteiger partial charge in [0.25, 0.3) is 0 Å². The summed E-state index contributed by atoms with van der Waals surface area (Å²) in [7, 11) is 5.62. The summed E-state index contributed by atoms with van der Waals surface area (Å²) in [5.41, 5.74) is 1.75. The lowest BCUT2D eigenvalue weighted by atomic mass is 10.1. The van der Waals surface area contributed by atoms with E-state index in [1.807, 2.05) is 36.8 Å². The molecule has 0 saturated heterocycles. The van der Waals surface area contributed by atoms with Gasteiger partial charge in [-0.25, -0.2) is 4.39 Å². The highest BCUT2D eigenvalue weighted by Gasteiger charge is 2.16. The van der Waals surface area contributed by atoms with Crippen LogP contribution in [0.25, 0.3) is 0 Å². The normalized spacial score (nSPS) is 12.1. The molecule has 0 unspecified atom stereocenters. The largest absolute Gasteiger partial charge is 0.355 e. The third-order valence-corrected chi connectivity index (χ3v) is 4.76. The average Bonchev–Trinajstić information content (AvgIpc) is 2.50. The molecule has 1 aromatic rings. The number of nitrogens with one attached hydrogen (secondary N) is 2. The van der Waals surface area contributed by atoms with Crippen molar-refractivity contribution in [3.05, 3.63) is 35.1 Å². The van der Waals surface area contributed by atoms with Crippen molar-refractivity contribution < 1.29 is 4.39 Å². The standard InChI is InChI=1S/C17H29FN4S.HI/c1-17(2,23-6)12-21-16(19-3)20-10-13-7-8-15(18)14(9-13)11-22(4)5;/h7-9H,10-12H2,1-6H3,(H2,19,20,21);1H. The van der Waals surface area contributed by atoms with Crippen molar-refractivity contribution in [2.45, 2.75) is 31.7 Å². The molecule has 0 fully saturated rings. The molecule has 0 amide bonds. The van der Waals surface area contributed by atoms with Crippen LogP contribution >= 0.6 is 35.7 Å². The first-order valence-electron chi connectivity index (χ1n) is 7.69. The van der Waals surface area contributed by atoms with E-state index in [4.69, 9.17) is 0 Å². The van der Waals surface area contributed by atoms with Crippen LogP contribution in [0.4, 0.5) is 4.39 Å². The number of benzene rings is 1. The first kappa shape index (κ1) is 23.5. The van der Waals surface area contributed by atoms with Gasteiger partial charge in [-0.3, -0.25) is 4.99 Å². The van der Waals surface area contributed by atoms with E-state index in [1.165, 1.54) is 6.07 Å². The zero-order chi connectivity index (χ0) is 17.5. The molecule has 0 aliphatic heterocycles. The van der Waals surface area contributed by atoms with Crippen LogP contribution in [0.1, 0.15) is 25.0 Å². The molecular formula is C17H30FIN4S. The number of hydrogen-bond donors (Lipinski definition) is 2. The molecule has 0 saturated carbocycles. The fraction of sp³-hybridized carbons (Fsp3) is 0.588. The Morgan fingerprint density at radius 2 is 1.96 bits per heavy atom. The first-order chi connectivity index (χ1) is 10.8. The van der Waals surface area contributed by atoms with Crippen molar-refractivity contribution in [2.75, 3.05) is 33.9 Å². The molecule has 0 aromatic heterocycles. The Balaban J connectivity index is 0.00000529. The van der Waals surface area contributed by atoms with E-state index < -0.39 is 0 Å². The smallest absolute Gasteiger partial charge is 0.191 e. The highest BCUT2D eigenvalue weighted by atomic mass is 127. The summed E-state index contributed by atoms with van der Waals surface area (Å²) in [6.07, 6.45) is 2.10. The number of guanidine groups is 1. The molecule has 7 heteroatoms. The molecule has 0 atom stereocenters. The Hall–Kier alpha value is -0.540. The highest BCUT2D eigenvalue weighted by molar-refractivity contribution is 14.0. The maximum atomic E-state index is 13.8. The van der Waals surface area contributed by atoms with Crippen molar-refractivity contribution in [3.8, 4) is 0 Å². The molecule has 1 rings (SSSR count). The molecule has 0 spiro atoms. The van der Waals surface area contributed by atoms with Gasteiger partial charge in [0.05, 0.1) is 0 Å². The predicted octanol–water partition coefficient (Wildman–Crippen LogP) is 3.31. The number of hydrogen-bond acceptors (Lipinski definition) is 3. The topological polar surface area (TPSA) is 39.7 Å². The predicted molar refractivity (Wildman–Crippen MR) is 115 cm³/mol. The van der Waals surface area contributed by atoms with Crippen LogP contribution in [0.2, 0.25) is 0 Å². The second kappa shape index (κ2) is 11.1. The van der Waals surface area contributed by atoms with Crippen LogP contribution in [0, 0.1) is 5.82 Å². The van der Waals surface area contributed by atoms with Gasteiger partial charge >= 0.3 is 0 Å². The molecular weight excluding hydrogens is 438 g/mol. The lowest BCUT2D eigenvalue weighted by molar-refractivity contribution is 0.392. The number of halogens is 2. The summed E-state index contributed by atoms with van der Waals surface area (Å²) in [5.74, 6) is 0.595. The summed E-state index contributed by atoms with van der Waals surface area (Å²) in [5, 5.41) is 6.60. The fourth-order valence-electron chi connectivity index (χ4n) is 1.98. The molecule has 0 bridgehead atoms. The van der Waals surface area contributed by atoms with Gasteiger partial charge in [0.15, 0.2) is 5.96 Å². The van der Waals surface area contributed by atoms with E-state index in [-0.39, 0.29) is 34.5 Å². The van der Waals surface area contributed by atoms with E-state index in [0.717, 1.165) is 18.1 Å². The third kappa shape index (κ3) is 8.53. The van der Waals surface area contributed by atoms with E-state index in [2.05, 4.69) is 35.7 Å². The van der Waals surface area contributed by atoms with Gasteiger partial charge in [-0.05, 0) is 51.9 Å². The van der Waals surface area contributed by atoms with Gasteiger partial charge in [0.2, 0.25) is 0 Å². The van der Waals surface area contributed by atoms with Crippen LogP contribution in [0.5, 0.6) is 0 Å². The van der Waals surface area contributed by atoms with Crippen LogP contribution < -0.4 is 10.6 Å². The van der Waals surface area contributed by atoms with Crippen molar-refractivity contribution in [3.63, 3.8) is 0 Å². The summed E-state index contributed by atoms with van der Waals surface area (Å²) < 4.78 is 13.9. The third-order valence-electron chi connectivity index (χ3n) is 3.51. The number of thioether (sulfide) groups is 1. The number of nitrogens with zero attached hydrogens (tertiary/aromatic N) is 2. The Morgan fingerprint density at radius 3 is 2.50 bits per heavy atom. The minimum atomic E-state index is -0.160. The average molecular weight is 468 g/mol. The molecule has 0 heterocycles. The molecule has 24 heavy (non-hydrogen) atoms. The van der Waals surface area contributed by atoms with Crippen LogP contribution in [0.3, 0.4) is 0 Å². The lowest BCUT2D eigenvalue weighted by Crippen LogP contribution is -2.43. The Kier molecular flexibility index (Phi) is 10.9.